The summed E-state index contributed by atoms with van der Waals surface area (Å²) in [4.78, 5) is 16.4. The van der Waals surface area contributed by atoms with Crippen LogP contribution < -0.4 is 4.74 Å². The fourth-order valence-electron chi connectivity index (χ4n) is 1.93. The highest BCUT2D eigenvalue weighted by Crippen LogP contribution is 2.24. The van der Waals surface area contributed by atoms with Gasteiger partial charge < -0.3 is 4.74 Å². The van der Waals surface area contributed by atoms with Gasteiger partial charge in [-0.1, -0.05) is 36.4 Å². The summed E-state index contributed by atoms with van der Waals surface area (Å²) in [6, 6.07) is 11.8. The first-order valence-electron chi connectivity index (χ1n) is 6.97. The topological polar surface area (TPSA) is 38.8 Å². The Hall–Kier alpha value is -2.47. The van der Waals surface area contributed by atoms with Crippen molar-refractivity contribution in [3.05, 3.63) is 65.2 Å². The largest absolute Gasteiger partial charge is 0.486 e. The molecule has 2 aromatic carbocycles. The summed E-state index contributed by atoms with van der Waals surface area (Å²) < 4.78 is 33.4. The molecule has 23 heavy (non-hydrogen) atoms. The van der Waals surface area contributed by atoms with Gasteiger partial charge in [-0.3, -0.25) is 9.63 Å². The molecule has 0 fully saturated rings. The molecule has 0 aromatic heterocycles. The molecule has 122 valence electrons. The van der Waals surface area contributed by atoms with Crippen LogP contribution in [0.4, 0.5) is 8.78 Å². The summed E-state index contributed by atoms with van der Waals surface area (Å²) in [5, 5.41) is 0.956. The van der Waals surface area contributed by atoms with E-state index in [2.05, 4.69) is 0 Å². The fourth-order valence-corrected chi connectivity index (χ4v) is 1.93. The Labute approximate surface area is 133 Å². The molecule has 4 nitrogen and oxygen atoms in total. The van der Waals surface area contributed by atoms with Gasteiger partial charge in [-0.25, -0.2) is 9.45 Å². The minimum Gasteiger partial charge on any atom is -0.486 e. The van der Waals surface area contributed by atoms with E-state index in [9.17, 15) is 13.6 Å². The van der Waals surface area contributed by atoms with Crippen LogP contribution in [-0.2, 0) is 22.7 Å². The molecule has 0 unspecified atom stereocenters. The summed E-state index contributed by atoms with van der Waals surface area (Å²) in [7, 11) is 2.71. The van der Waals surface area contributed by atoms with Gasteiger partial charge in [0.2, 0.25) is 11.7 Å². The van der Waals surface area contributed by atoms with E-state index in [0.29, 0.717) is 0 Å². The number of hydrogen-bond donors (Lipinski definition) is 0. The molecule has 0 aliphatic rings. The monoisotopic (exact) mass is 321 g/mol. The molecule has 0 atom stereocenters. The van der Waals surface area contributed by atoms with Crippen molar-refractivity contribution < 1.29 is 23.1 Å². The van der Waals surface area contributed by atoms with Crippen molar-refractivity contribution in [3.8, 4) is 5.75 Å². The number of carbonyl (C=O) groups excluding carboxylic acids is 1. The van der Waals surface area contributed by atoms with E-state index in [1.807, 2.05) is 30.3 Å². The Kier molecular flexibility index (Phi) is 5.65. The van der Waals surface area contributed by atoms with E-state index >= 15 is 0 Å². The molecule has 2 rings (SSSR count). The predicted molar refractivity (Wildman–Crippen MR) is 80.6 cm³/mol. The number of halogens is 2. The van der Waals surface area contributed by atoms with Crippen LogP contribution in [0.25, 0.3) is 0 Å². The minimum absolute atomic E-state index is 0.0524. The van der Waals surface area contributed by atoms with Crippen LogP contribution in [0.1, 0.15) is 11.1 Å². The van der Waals surface area contributed by atoms with Crippen molar-refractivity contribution >= 4 is 5.91 Å². The third-order valence-electron chi connectivity index (χ3n) is 3.33. The number of nitrogens with zero attached hydrogens (tertiary/aromatic N) is 1. The number of hydroxylamine groups is 2. The average molecular weight is 321 g/mol. The molecule has 1 amide bonds. The quantitative estimate of drug-likeness (QED) is 0.768. The molecule has 0 bridgehead atoms. The lowest BCUT2D eigenvalue weighted by molar-refractivity contribution is -0.167. The van der Waals surface area contributed by atoms with Crippen LogP contribution >= 0.6 is 0 Å². The van der Waals surface area contributed by atoms with Crippen molar-refractivity contribution in [2.24, 2.45) is 0 Å². The third kappa shape index (κ3) is 4.26. The minimum atomic E-state index is -1.11. The Bertz CT molecular complexity index is 677. The van der Waals surface area contributed by atoms with Crippen LogP contribution in [-0.4, -0.2) is 25.1 Å². The predicted octanol–water partition coefficient (Wildman–Crippen LogP) is 3.11. The average Bonchev–Trinajstić information content (AvgIpc) is 2.58. The lowest BCUT2D eigenvalue weighted by atomic mass is 10.1. The van der Waals surface area contributed by atoms with E-state index in [1.54, 1.807) is 0 Å². The smallest absolute Gasteiger partial charge is 0.250 e. The van der Waals surface area contributed by atoms with Crippen LogP contribution in [0.15, 0.2) is 42.5 Å². The molecule has 0 aliphatic carbocycles. The lowest BCUT2D eigenvalue weighted by Crippen LogP contribution is -2.27. The molecule has 0 N–H and O–H groups in total. The number of rotatable bonds is 6. The normalized spacial score (nSPS) is 10.4. The van der Waals surface area contributed by atoms with Crippen LogP contribution in [0.3, 0.4) is 0 Å². The first-order valence-corrected chi connectivity index (χ1v) is 6.97. The summed E-state index contributed by atoms with van der Waals surface area (Å²) >= 11 is 0. The number of carbonyl (C=O) groups is 1. The number of hydrogen-bond acceptors (Lipinski definition) is 3. The molecular weight excluding hydrogens is 304 g/mol. The summed E-state index contributed by atoms with van der Waals surface area (Å²) in [5.41, 5.74) is 0.789. The van der Waals surface area contributed by atoms with Crippen molar-refractivity contribution in [2.75, 3.05) is 14.2 Å². The van der Waals surface area contributed by atoms with Crippen molar-refractivity contribution in [1.29, 1.82) is 0 Å². The Morgan fingerprint density at radius 2 is 1.78 bits per heavy atom. The first-order chi connectivity index (χ1) is 11.0. The van der Waals surface area contributed by atoms with Gasteiger partial charge in [0, 0.05) is 12.6 Å². The summed E-state index contributed by atoms with van der Waals surface area (Å²) in [5.74, 6) is -2.87. The fraction of sp³-hybridized carbons (Fsp3) is 0.235. The van der Waals surface area contributed by atoms with Crippen LogP contribution in [0.5, 0.6) is 5.75 Å². The van der Waals surface area contributed by atoms with E-state index in [4.69, 9.17) is 9.57 Å². The maximum Gasteiger partial charge on any atom is 0.250 e. The highest BCUT2D eigenvalue weighted by molar-refractivity contribution is 5.77. The van der Waals surface area contributed by atoms with Gasteiger partial charge >= 0.3 is 0 Å². The van der Waals surface area contributed by atoms with Crippen molar-refractivity contribution in [2.45, 2.75) is 13.0 Å². The van der Waals surface area contributed by atoms with E-state index in [1.165, 1.54) is 26.3 Å². The zero-order valence-electron chi connectivity index (χ0n) is 12.9. The summed E-state index contributed by atoms with van der Waals surface area (Å²) in [6.45, 7) is 0.127. The zero-order valence-corrected chi connectivity index (χ0v) is 12.9. The van der Waals surface area contributed by atoms with Crippen molar-refractivity contribution in [1.82, 2.24) is 5.06 Å². The van der Waals surface area contributed by atoms with E-state index < -0.39 is 17.5 Å². The number of amides is 1. The number of benzene rings is 2. The van der Waals surface area contributed by atoms with Gasteiger partial charge in [-0.15, -0.1) is 0 Å². The molecule has 2 aromatic rings. The van der Waals surface area contributed by atoms with E-state index in [0.717, 1.165) is 10.6 Å². The standard InChI is InChI=1S/C17H17F2NO3/c1-20(22-2)15(21)10-13-8-9-14(17(19)16(13)18)23-11-12-6-4-3-5-7-12/h3-9H,10-11H2,1-2H3. The lowest BCUT2D eigenvalue weighted by Gasteiger charge is -2.14. The van der Waals surface area contributed by atoms with Gasteiger partial charge in [-0.05, 0) is 11.6 Å². The van der Waals surface area contributed by atoms with Gasteiger partial charge in [0.1, 0.15) is 6.61 Å². The van der Waals surface area contributed by atoms with Crippen LogP contribution in [0, 0.1) is 11.6 Å². The molecular formula is C17H17F2NO3. The second-order valence-corrected chi connectivity index (χ2v) is 4.88. The second-order valence-electron chi connectivity index (χ2n) is 4.88. The summed E-state index contributed by atoms with van der Waals surface area (Å²) in [6.07, 6.45) is -0.300. The Balaban J connectivity index is 2.09. The van der Waals surface area contributed by atoms with Crippen molar-refractivity contribution in [3.63, 3.8) is 0 Å². The molecule has 0 saturated heterocycles. The van der Waals surface area contributed by atoms with Gasteiger partial charge in [-0.2, -0.15) is 4.39 Å². The molecule has 0 saturated carbocycles. The van der Waals surface area contributed by atoms with Gasteiger partial charge in [0.05, 0.1) is 13.5 Å². The highest BCUT2D eigenvalue weighted by Gasteiger charge is 2.18. The van der Waals surface area contributed by atoms with Gasteiger partial charge in [0.25, 0.3) is 0 Å². The Morgan fingerprint density at radius 3 is 2.43 bits per heavy atom. The number of likely N-dealkylation sites (N-methyl/N-ethyl adjacent to an activating group) is 1. The zero-order chi connectivity index (χ0) is 16.8. The molecule has 0 spiro atoms. The Morgan fingerprint density at radius 1 is 1.09 bits per heavy atom. The SMILES string of the molecule is CON(C)C(=O)Cc1ccc(OCc2ccccc2)c(F)c1F. The first kappa shape index (κ1) is 16.9. The second kappa shape index (κ2) is 7.69. The molecule has 0 heterocycles. The van der Waals surface area contributed by atoms with Gasteiger partial charge in [0.15, 0.2) is 11.6 Å². The number of ether oxygens (including phenoxy) is 1. The van der Waals surface area contributed by atoms with Crippen LogP contribution in [0.2, 0.25) is 0 Å². The third-order valence-corrected chi connectivity index (χ3v) is 3.33. The maximum absolute atomic E-state index is 14.0. The highest BCUT2D eigenvalue weighted by atomic mass is 19.2. The molecule has 0 aliphatic heterocycles. The molecule has 0 radical (unpaired) electrons. The van der Waals surface area contributed by atoms with E-state index in [-0.39, 0.29) is 24.3 Å². The maximum atomic E-state index is 14.0. The molecule has 6 heteroatoms.